The molecular weight excluding hydrogens is 412 g/mol. The van der Waals surface area contributed by atoms with E-state index in [0.29, 0.717) is 0 Å². The molecule has 164 valence electrons. The smallest absolute Gasteiger partial charge is 0.303 e. The highest BCUT2D eigenvalue weighted by molar-refractivity contribution is 9.11. The van der Waals surface area contributed by atoms with Crippen LogP contribution in [0.1, 0.15) is 123 Å². The van der Waals surface area contributed by atoms with Crippen molar-refractivity contribution < 1.29 is 9.90 Å². The largest absolute Gasteiger partial charge is 0.481 e. The van der Waals surface area contributed by atoms with Crippen molar-refractivity contribution in [3.05, 3.63) is 22.7 Å². The molecule has 0 aromatic rings. The SMILES string of the molecule is CC(C)CCCCCCCCCCCC/C=C\CC/C(Br)=C\CCCC(=O)O. The minimum absolute atomic E-state index is 0.259. The van der Waals surface area contributed by atoms with E-state index in [0.717, 1.165) is 31.6 Å². The van der Waals surface area contributed by atoms with Crippen LogP contribution < -0.4 is 0 Å². The molecule has 0 saturated heterocycles. The zero-order chi connectivity index (χ0) is 20.9. The van der Waals surface area contributed by atoms with Gasteiger partial charge in [-0.05, 0) is 48.9 Å². The van der Waals surface area contributed by atoms with Gasteiger partial charge in [-0.3, -0.25) is 4.79 Å². The first kappa shape index (κ1) is 27.4. The van der Waals surface area contributed by atoms with E-state index in [-0.39, 0.29) is 6.42 Å². The normalized spacial score (nSPS) is 12.4. The van der Waals surface area contributed by atoms with Gasteiger partial charge in [0.1, 0.15) is 0 Å². The predicted octanol–water partition coefficient (Wildman–Crippen LogP) is 9.19. The zero-order valence-corrected chi connectivity index (χ0v) is 20.1. The van der Waals surface area contributed by atoms with E-state index in [1.54, 1.807) is 0 Å². The van der Waals surface area contributed by atoms with Gasteiger partial charge >= 0.3 is 5.97 Å². The zero-order valence-electron chi connectivity index (χ0n) is 18.6. The molecular formula is C25H45BrO2. The standard InChI is InChI=1S/C25H45BrO2/c1-23(2)19-15-13-11-9-7-5-3-4-6-8-10-12-14-16-20-24(26)21-17-18-22-25(27)28/h12,14,21,23H,3-11,13,15-20,22H2,1-2H3,(H,27,28)/b14-12-,24-21+. The van der Waals surface area contributed by atoms with Crippen molar-refractivity contribution in [3.8, 4) is 0 Å². The highest BCUT2D eigenvalue weighted by Crippen LogP contribution is 2.16. The van der Waals surface area contributed by atoms with Crippen LogP contribution in [0.15, 0.2) is 22.7 Å². The van der Waals surface area contributed by atoms with Gasteiger partial charge in [0.2, 0.25) is 0 Å². The molecule has 0 aliphatic rings. The number of hydrogen-bond acceptors (Lipinski definition) is 1. The van der Waals surface area contributed by atoms with Crippen LogP contribution in [-0.2, 0) is 4.79 Å². The Balaban J connectivity index is 3.29. The predicted molar refractivity (Wildman–Crippen MR) is 127 cm³/mol. The van der Waals surface area contributed by atoms with Crippen LogP contribution in [0.2, 0.25) is 0 Å². The van der Waals surface area contributed by atoms with Crippen molar-refractivity contribution in [3.63, 3.8) is 0 Å². The first-order chi connectivity index (χ1) is 13.5. The molecule has 0 spiro atoms. The fraction of sp³-hybridized carbons (Fsp3) is 0.800. The van der Waals surface area contributed by atoms with Crippen molar-refractivity contribution in [1.29, 1.82) is 0 Å². The summed E-state index contributed by atoms with van der Waals surface area (Å²) in [5.41, 5.74) is 0. The van der Waals surface area contributed by atoms with E-state index in [4.69, 9.17) is 5.11 Å². The molecule has 0 heterocycles. The lowest BCUT2D eigenvalue weighted by molar-refractivity contribution is -0.137. The van der Waals surface area contributed by atoms with Crippen LogP contribution in [0.4, 0.5) is 0 Å². The molecule has 0 aromatic heterocycles. The number of halogens is 1. The number of unbranched alkanes of at least 4 members (excludes halogenated alkanes) is 11. The monoisotopic (exact) mass is 456 g/mol. The van der Waals surface area contributed by atoms with Crippen LogP contribution in [0.5, 0.6) is 0 Å². The highest BCUT2D eigenvalue weighted by Gasteiger charge is 1.97. The number of carboxylic acid groups (broad SMARTS) is 1. The summed E-state index contributed by atoms with van der Waals surface area (Å²) in [5, 5.41) is 8.60. The number of allylic oxidation sites excluding steroid dienone is 4. The van der Waals surface area contributed by atoms with Crippen LogP contribution >= 0.6 is 15.9 Å². The van der Waals surface area contributed by atoms with E-state index in [1.165, 1.54) is 81.5 Å². The summed E-state index contributed by atoms with van der Waals surface area (Å²) < 4.78 is 1.20. The Morgan fingerprint density at radius 3 is 1.86 bits per heavy atom. The maximum atomic E-state index is 10.4. The fourth-order valence-corrected chi connectivity index (χ4v) is 3.76. The Morgan fingerprint density at radius 2 is 1.29 bits per heavy atom. The molecule has 3 heteroatoms. The number of aliphatic carboxylic acids is 1. The van der Waals surface area contributed by atoms with Gasteiger partial charge in [0.15, 0.2) is 0 Å². The third-order valence-corrected chi connectivity index (χ3v) is 5.80. The van der Waals surface area contributed by atoms with Gasteiger partial charge in [-0.1, -0.05) is 112 Å². The van der Waals surface area contributed by atoms with Gasteiger partial charge < -0.3 is 5.11 Å². The minimum atomic E-state index is -0.708. The molecule has 1 N–H and O–H groups in total. The van der Waals surface area contributed by atoms with Crippen molar-refractivity contribution in [2.45, 2.75) is 123 Å². The summed E-state index contributed by atoms with van der Waals surface area (Å²) in [7, 11) is 0. The van der Waals surface area contributed by atoms with Gasteiger partial charge in [0, 0.05) is 6.42 Å². The molecule has 0 rings (SSSR count). The molecule has 0 unspecified atom stereocenters. The summed E-state index contributed by atoms with van der Waals surface area (Å²) >= 11 is 3.57. The number of carboxylic acids is 1. The molecule has 0 amide bonds. The topological polar surface area (TPSA) is 37.3 Å². The Kier molecular flexibility index (Phi) is 20.7. The molecule has 28 heavy (non-hydrogen) atoms. The molecule has 0 atom stereocenters. The minimum Gasteiger partial charge on any atom is -0.481 e. The maximum absolute atomic E-state index is 10.4. The molecule has 0 aliphatic carbocycles. The fourth-order valence-electron chi connectivity index (χ4n) is 3.30. The van der Waals surface area contributed by atoms with Crippen molar-refractivity contribution in [2.24, 2.45) is 5.92 Å². The Labute approximate surface area is 183 Å². The quantitative estimate of drug-likeness (QED) is 0.146. The van der Waals surface area contributed by atoms with E-state index >= 15 is 0 Å². The second-order valence-corrected chi connectivity index (χ2v) is 9.47. The van der Waals surface area contributed by atoms with Crippen LogP contribution in [-0.4, -0.2) is 11.1 Å². The average Bonchev–Trinajstić information content (AvgIpc) is 2.64. The molecule has 0 bridgehead atoms. The Bertz CT molecular complexity index is 413. The summed E-state index contributed by atoms with van der Waals surface area (Å²) in [5.74, 6) is 0.162. The summed E-state index contributed by atoms with van der Waals surface area (Å²) in [6.07, 6.45) is 27.3. The van der Waals surface area contributed by atoms with Gasteiger partial charge in [-0.2, -0.15) is 0 Å². The lowest BCUT2D eigenvalue weighted by Crippen LogP contribution is -1.92. The van der Waals surface area contributed by atoms with E-state index in [9.17, 15) is 4.79 Å². The van der Waals surface area contributed by atoms with Crippen molar-refractivity contribution in [1.82, 2.24) is 0 Å². The number of carbonyl (C=O) groups is 1. The van der Waals surface area contributed by atoms with Gasteiger partial charge in [0.25, 0.3) is 0 Å². The van der Waals surface area contributed by atoms with E-state index in [2.05, 4.69) is 48.0 Å². The molecule has 0 aliphatic heterocycles. The Morgan fingerprint density at radius 1 is 0.750 bits per heavy atom. The molecule has 0 radical (unpaired) electrons. The highest BCUT2D eigenvalue weighted by atomic mass is 79.9. The first-order valence-corrected chi connectivity index (χ1v) is 12.5. The van der Waals surface area contributed by atoms with E-state index < -0.39 is 5.97 Å². The number of hydrogen-bond donors (Lipinski definition) is 1. The van der Waals surface area contributed by atoms with Gasteiger partial charge in [0.05, 0.1) is 0 Å². The van der Waals surface area contributed by atoms with Crippen molar-refractivity contribution in [2.75, 3.05) is 0 Å². The van der Waals surface area contributed by atoms with Gasteiger partial charge in [-0.15, -0.1) is 0 Å². The van der Waals surface area contributed by atoms with Crippen LogP contribution in [0.25, 0.3) is 0 Å². The van der Waals surface area contributed by atoms with Crippen LogP contribution in [0, 0.1) is 5.92 Å². The molecule has 2 nitrogen and oxygen atoms in total. The first-order valence-electron chi connectivity index (χ1n) is 11.7. The summed E-state index contributed by atoms with van der Waals surface area (Å²) in [6, 6.07) is 0. The summed E-state index contributed by atoms with van der Waals surface area (Å²) in [6.45, 7) is 4.64. The molecule has 0 fully saturated rings. The lowest BCUT2D eigenvalue weighted by Gasteiger charge is -2.04. The summed E-state index contributed by atoms with van der Waals surface area (Å²) in [4.78, 5) is 10.4. The third-order valence-electron chi connectivity index (χ3n) is 5.08. The second-order valence-electron chi connectivity index (χ2n) is 8.45. The van der Waals surface area contributed by atoms with Crippen molar-refractivity contribution >= 4 is 21.9 Å². The Hall–Kier alpha value is -0.570. The second kappa shape index (κ2) is 21.1. The maximum Gasteiger partial charge on any atom is 0.303 e. The van der Waals surface area contributed by atoms with Gasteiger partial charge in [-0.25, -0.2) is 0 Å². The average molecular weight is 458 g/mol. The lowest BCUT2D eigenvalue weighted by atomic mass is 10.0. The van der Waals surface area contributed by atoms with Crippen LogP contribution in [0.3, 0.4) is 0 Å². The third kappa shape index (κ3) is 23.5. The van der Waals surface area contributed by atoms with E-state index in [1.807, 2.05) is 0 Å². The molecule has 0 aromatic carbocycles. The molecule has 0 saturated carbocycles. The number of rotatable bonds is 20.